The van der Waals surface area contributed by atoms with Crippen LogP contribution in [0.25, 0.3) is 10.8 Å². The van der Waals surface area contributed by atoms with Crippen LogP contribution < -0.4 is 4.74 Å². The molecule has 0 N–H and O–H groups in total. The highest BCUT2D eigenvalue weighted by Crippen LogP contribution is 2.79. The molecule has 160 valence electrons. The Morgan fingerprint density at radius 1 is 0.727 bits per heavy atom. The van der Waals surface area contributed by atoms with E-state index in [1.54, 1.807) is 61.5 Å². The Hall–Kier alpha value is -4.05. The third-order valence-corrected chi connectivity index (χ3v) is 7.39. The van der Waals surface area contributed by atoms with E-state index in [9.17, 15) is 14.4 Å². The summed E-state index contributed by atoms with van der Waals surface area (Å²) in [7, 11) is 0. The maximum atomic E-state index is 14.0. The van der Waals surface area contributed by atoms with Crippen molar-refractivity contribution < 1.29 is 19.1 Å². The molecule has 2 aliphatic rings. The highest BCUT2D eigenvalue weighted by Gasteiger charge is 2.87. The lowest BCUT2D eigenvalue weighted by atomic mass is 9.82. The standard InChI is InChI=1S/C29H20O4/c1-28(25(30)19-11-4-2-5-12-19)24-23-21-15-9-8-10-18(21)16-17-22(23)33-27(32)29(24,28)26(31)20-13-6-3-7-14-20/h2-17,24H,1H3/t24-,28-,29-/m1/s1. The van der Waals surface area contributed by atoms with Gasteiger partial charge in [0, 0.05) is 22.6 Å². The lowest BCUT2D eigenvalue weighted by Crippen LogP contribution is -2.39. The Morgan fingerprint density at radius 2 is 1.30 bits per heavy atom. The molecular weight excluding hydrogens is 412 g/mol. The van der Waals surface area contributed by atoms with Crippen molar-refractivity contribution in [2.75, 3.05) is 0 Å². The summed E-state index contributed by atoms with van der Waals surface area (Å²) in [6, 6.07) is 29.0. The van der Waals surface area contributed by atoms with Crippen LogP contribution in [0.4, 0.5) is 0 Å². The summed E-state index contributed by atoms with van der Waals surface area (Å²) < 4.78 is 5.81. The van der Waals surface area contributed by atoms with Crippen LogP contribution in [0.5, 0.6) is 5.75 Å². The molecule has 4 nitrogen and oxygen atoms in total. The van der Waals surface area contributed by atoms with Crippen molar-refractivity contribution in [2.45, 2.75) is 12.8 Å². The van der Waals surface area contributed by atoms with Gasteiger partial charge in [-0.1, -0.05) is 97.9 Å². The summed E-state index contributed by atoms with van der Waals surface area (Å²) in [5.74, 6) is -1.45. The zero-order valence-electron chi connectivity index (χ0n) is 17.9. The molecule has 1 fully saturated rings. The third kappa shape index (κ3) is 2.38. The smallest absolute Gasteiger partial charge is 0.327 e. The van der Waals surface area contributed by atoms with Crippen LogP contribution in [0.3, 0.4) is 0 Å². The molecule has 3 atom stereocenters. The molecule has 0 spiro atoms. The molecule has 0 radical (unpaired) electrons. The second kappa shape index (κ2) is 6.72. The second-order valence-corrected chi connectivity index (χ2v) is 8.92. The van der Waals surface area contributed by atoms with Gasteiger partial charge >= 0.3 is 5.97 Å². The quantitative estimate of drug-likeness (QED) is 0.182. The molecule has 33 heavy (non-hydrogen) atoms. The SMILES string of the molecule is C[C@]1(C(=O)c2ccccc2)[C@H]2c3c(ccc4ccccc34)OC(=O)[C@]21C(=O)c1ccccc1. The monoisotopic (exact) mass is 432 g/mol. The van der Waals surface area contributed by atoms with E-state index in [2.05, 4.69) is 0 Å². The number of hydrogen-bond donors (Lipinski definition) is 0. The van der Waals surface area contributed by atoms with E-state index in [1.807, 2.05) is 42.5 Å². The minimum Gasteiger partial charge on any atom is -0.425 e. The van der Waals surface area contributed by atoms with Gasteiger partial charge < -0.3 is 4.74 Å². The Labute approximate surface area is 190 Å². The summed E-state index contributed by atoms with van der Waals surface area (Å²) >= 11 is 0. The molecule has 6 rings (SSSR count). The van der Waals surface area contributed by atoms with Crippen molar-refractivity contribution in [3.05, 3.63) is 114 Å². The summed E-state index contributed by atoms with van der Waals surface area (Å²) in [6.45, 7) is 1.74. The highest BCUT2D eigenvalue weighted by molar-refractivity contribution is 6.26. The Morgan fingerprint density at radius 3 is 1.97 bits per heavy atom. The van der Waals surface area contributed by atoms with E-state index in [0.29, 0.717) is 16.9 Å². The molecular formula is C29H20O4. The first-order valence-electron chi connectivity index (χ1n) is 10.9. The van der Waals surface area contributed by atoms with Crippen molar-refractivity contribution >= 4 is 28.3 Å². The van der Waals surface area contributed by atoms with Gasteiger partial charge in [0.1, 0.15) is 5.75 Å². The lowest BCUT2D eigenvalue weighted by Gasteiger charge is -2.24. The normalized spacial score (nSPS) is 25.0. The largest absolute Gasteiger partial charge is 0.425 e. The number of hydrogen-bond acceptors (Lipinski definition) is 4. The molecule has 1 heterocycles. The van der Waals surface area contributed by atoms with E-state index in [1.165, 1.54) is 0 Å². The number of esters is 1. The number of carbonyl (C=O) groups is 3. The first-order chi connectivity index (χ1) is 16.0. The average molecular weight is 432 g/mol. The predicted molar refractivity (Wildman–Crippen MR) is 124 cm³/mol. The van der Waals surface area contributed by atoms with Crippen LogP contribution >= 0.6 is 0 Å². The van der Waals surface area contributed by atoms with Gasteiger partial charge in [0.05, 0.1) is 5.41 Å². The number of carbonyl (C=O) groups excluding carboxylic acids is 3. The summed E-state index contributed by atoms with van der Waals surface area (Å²) in [6.07, 6.45) is 0. The molecule has 0 bridgehead atoms. The Bertz CT molecular complexity index is 1460. The van der Waals surface area contributed by atoms with E-state index in [-0.39, 0.29) is 11.6 Å². The van der Waals surface area contributed by atoms with E-state index in [4.69, 9.17) is 4.74 Å². The van der Waals surface area contributed by atoms with Crippen LogP contribution in [-0.2, 0) is 4.79 Å². The van der Waals surface area contributed by atoms with Gasteiger partial charge in [-0.3, -0.25) is 14.4 Å². The van der Waals surface area contributed by atoms with E-state index >= 15 is 0 Å². The molecule has 0 amide bonds. The zero-order chi connectivity index (χ0) is 22.8. The second-order valence-electron chi connectivity index (χ2n) is 8.92. The molecule has 1 aliphatic heterocycles. The van der Waals surface area contributed by atoms with Gasteiger partial charge in [0.15, 0.2) is 17.0 Å². The van der Waals surface area contributed by atoms with Gasteiger partial charge in [-0.25, -0.2) is 0 Å². The van der Waals surface area contributed by atoms with Gasteiger partial charge in [-0.15, -0.1) is 0 Å². The molecule has 4 heteroatoms. The maximum absolute atomic E-state index is 14.0. The molecule has 1 saturated carbocycles. The third-order valence-electron chi connectivity index (χ3n) is 7.39. The molecule has 0 unspecified atom stereocenters. The highest BCUT2D eigenvalue weighted by atomic mass is 16.5. The van der Waals surface area contributed by atoms with Gasteiger partial charge in [-0.2, -0.15) is 0 Å². The van der Waals surface area contributed by atoms with Crippen molar-refractivity contribution in [3.8, 4) is 5.75 Å². The Kier molecular flexibility index (Phi) is 4.00. The first-order valence-corrected chi connectivity index (χ1v) is 10.9. The Balaban J connectivity index is 1.64. The molecule has 4 aromatic rings. The van der Waals surface area contributed by atoms with Gasteiger partial charge in [-0.05, 0) is 16.8 Å². The predicted octanol–water partition coefficient (Wildman–Crippen LogP) is 5.61. The molecule has 1 aliphatic carbocycles. The fourth-order valence-electron chi connectivity index (χ4n) is 5.77. The molecule has 0 aromatic heterocycles. The fourth-order valence-corrected chi connectivity index (χ4v) is 5.77. The summed E-state index contributed by atoms with van der Waals surface area (Å²) in [5.41, 5.74) is -1.26. The number of fused-ring (bicyclic) bond motifs is 5. The van der Waals surface area contributed by atoms with Crippen LogP contribution in [0, 0.1) is 10.8 Å². The van der Waals surface area contributed by atoms with Crippen molar-refractivity contribution in [2.24, 2.45) is 10.8 Å². The zero-order valence-corrected chi connectivity index (χ0v) is 17.9. The van der Waals surface area contributed by atoms with E-state index in [0.717, 1.165) is 16.3 Å². The summed E-state index contributed by atoms with van der Waals surface area (Å²) in [4.78, 5) is 41.6. The first kappa shape index (κ1) is 19.6. The maximum Gasteiger partial charge on any atom is 0.327 e. The lowest BCUT2D eigenvalue weighted by molar-refractivity contribution is -0.140. The number of benzene rings is 4. The van der Waals surface area contributed by atoms with Gasteiger partial charge in [0.2, 0.25) is 0 Å². The minimum atomic E-state index is -1.61. The number of ketones is 2. The van der Waals surface area contributed by atoms with Crippen molar-refractivity contribution in [3.63, 3.8) is 0 Å². The minimum absolute atomic E-state index is 0.227. The van der Waals surface area contributed by atoms with Crippen molar-refractivity contribution in [1.29, 1.82) is 0 Å². The van der Waals surface area contributed by atoms with Crippen LogP contribution in [-0.4, -0.2) is 17.5 Å². The molecule has 4 aromatic carbocycles. The van der Waals surface area contributed by atoms with Crippen LogP contribution in [0.1, 0.15) is 39.1 Å². The topological polar surface area (TPSA) is 60.4 Å². The number of Topliss-reactive ketones (excluding diaryl/α,β-unsaturated/α-hetero) is 2. The van der Waals surface area contributed by atoms with Crippen LogP contribution in [0.2, 0.25) is 0 Å². The van der Waals surface area contributed by atoms with E-state index < -0.39 is 22.7 Å². The van der Waals surface area contributed by atoms with Gasteiger partial charge in [0.25, 0.3) is 0 Å². The fraction of sp³-hybridized carbons (Fsp3) is 0.138. The van der Waals surface area contributed by atoms with Crippen molar-refractivity contribution in [1.82, 2.24) is 0 Å². The van der Waals surface area contributed by atoms with Crippen LogP contribution in [0.15, 0.2) is 97.1 Å². The average Bonchev–Trinajstić information content (AvgIpc) is 3.46. The number of rotatable bonds is 4. The number of ether oxygens (including phenoxy) is 1. The molecule has 0 saturated heterocycles. The summed E-state index contributed by atoms with van der Waals surface area (Å²) in [5, 5.41) is 1.86.